The molecule has 3 heteroatoms. The number of hydrogen-bond donors (Lipinski definition) is 1. The minimum Gasteiger partial charge on any atom is -0.497 e. The minimum absolute atomic E-state index is 0.664. The molecular weight excluding hydrogens is 278 g/mol. The molecule has 1 fully saturated rings. The van der Waals surface area contributed by atoms with Crippen LogP contribution in [0.15, 0.2) is 29.2 Å². The van der Waals surface area contributed by atoms with Gasteiger partial charge in [-0.1, -0.05) is 26.2 Å². The van der Waals surface area contributed by atoms with Crippen molar-refractivity contribution in [3.8, 4) is 5.75 Å². The molecular formula is C18H29NOS. The van der Waals surface area contributed by atoms with Gasteiger partial charge in [0.2, 0.25) is 0 Å². The van der Waals surface area contributed by atoms with Crippen LogP contribution in [0.2, 0.25) is 0 Å². The van der Waals surface area contributed by atoms with Crippen molar-refractivity contribution >= 4 is 11.8 Å². The quantitative estimate of drug-likeness (QED) is 0.701. The van der Waals surface area contributed by atoms with Crippen LogP contribution in [0.4, 0.5) is 0 Å². The molecule has 0 aliphatic heterocycles. The lowest BCUT2D eigenvalue weighted by Gasteiger charge is -2.31. The third kappa shape index (κ3) is 5.55. The molecule has 0 heterocycles. The highest BCUT2D eigenvalue weighted by molar-refractivity contribution is 7.99. The first-order valence-electron chi connectivity index (χ1n) is 8.33. The number of thioether (sulfide) groups is 1. The highest BCUT2D eigenvalue weighted by atomic mass is 32.2. The third-order valence-corrected chi connectivity index (χ3v) is 5.50. The summed E-state index contributed by atoms with van der Waals surface area (Å²) in [5.74, 6) is 2.99. The number of nitrogens with one attached hydrogen (secondary N) is 1. The van der Waals surface area contributed by atoms with E-state index in [9.17, 15) is 0 Å². The summed E-state index contributed by atoms with van der Waals surface area (Å²) >= 11 is 1.97. The number of methoxy groups -OCH3 is 1. The van der Waals surface area contributed by atoms with Gasteiger partial charge in [-0.05, 0) is 56.0 Å². The largest absolute Gasteiger partial charge is 0.497 e. The van der Waals surface area contributed by atoms with Crippen molar-refractivity contribution in [2.24, 2.45) is 5.92 Å². The Kier molecular flexibility index (Phi) is 7.45. The van der Waals surface area contributed by atoms with Gasteiger partial charge in [-0.2, -0.15) is 0 Å². The summed E-state index contributed by atoms with van der Waals surface area (Å²) in [5.41, 5.74) is 0. The zero-order valence-corrected chi connectivity index (χ0v) is 14.3. The van der Waals surface area contributed by atoms with E-state index in [0.717, 1.165) is 18.2 Å². The average molecular weight is 308 g/mol. The first-order valence-corrected chi connectivity index (χ1v) is 9.32. The van der Waals surface area contributed by atoms with Gasteiger partial charge in [-0.15, -0.1) is 11.8 Å². The molecule has 1 atom stereocenters. The fourth-order valence-electron chi connectivity index (χ4n) is 3.09. The van der Waals surface area contributed by atoms with Gasteiger partial charge in [-0.3, -0.25) is 0 Å². The molecule has 1 unspecified atom stereocenters. The summed E-state index contributed by atoms with van der Waals surface area (Å²) in [5, 5.41) is 3.79. The molecule has 0 amide bonds. The molecule has 1 aliphatic rings. The topological polar surface area (TPSA) is 21.3 Å². The van der Waals surface area contributed by atoms with Gasteiger partial charge in [-0.25, -0.2) is 0 Å². The van der Waals surface area contributed by atoms with Gasteiger partial charge in [0.25, 0.3) is 0 Å². The Morgan fingerprint density at radius 1 is 1.19 bits per heavy atom. The van der Waals surface area contributed by atoms with E-state index >= 15 is 0 Å². The first-order chi connectivity index (χ1) is 10.3. The normalized spacial score (nSPS) is 17.6. The van der Waals surface area contributed by atoms with E-state index in [4.69, 9.17) is 4.74 Å². The molecule has 0 saturated heterocycles. The molecule has 1 aliphatic carbocycles. The van der Waals surface area contributed by atoms with Crippen LogP contribution >= 0.6 is 11.8 Å². The molecule has 1 aromatic rings. The molecule has 0 bridgehead atoms. The Balaban J connectivity index is 1.87. The highest BCUT2D eigenvalue weighted by Gasteiger charge is 2.23. The monoisotopic (exact) mass is 307 g/mol. The second-order valence-corrected chi connectivity index (χ2v) is 7.04. The number of hydrogen-bond acceptors (Lipinski definition) is 3. The summed E-state index contributed by atoms with van der Waals surface area (Å²) in [6.45, 7) is 3.39. The summed E-state index contributed by atoms with van der Waals surface area (Å²) in [6, 6.07) is 9.11. The fourth-order valence-corrected chi connectivity index (χ4v) is 4.18. The SMILES string of the molecule is CCCNC(CSc1ccc(OC)cc1)C1CCCCC1. The van der Waals surface area contributed by atoms with Crippen LogP contribution in [-0.4, -0.2) is 25.4 Å². The van der Waals surface area contributed by atoms with Crippen molar-refractivity contribution in [2.45, 2.75) is 56.4 Å². The lowest BCUT2D eigenvalue weighted by molar-refractivity contribution is 0.285. The zero-order chi connectivity index (χ0) is 14.9. The van der Waals surface area contributed by atoms with Crippen molar-refractivity contribution in [3.05, 3.63) is 24.3 Å². The summed E-state index contributed by atoms with van der Waals surface area (Å²) in [6.07, 6.45) is 8.30. The van der Waals surface area contributed by atoms with Gasteiger partial charge in [0.1, 0.15) is 5.75 Å². The summed E-state index contributed by atoms with van der Waals surface area (Å²) in [4.78, 5) is 1.34. The lowest BCUT2D eigenvalue weighted by Crippen LogP contribution is -2.39. The van der Waals surface area contributed by atoms with Crippen molar-refractivity contribution in [1.82, 2.24) is 5.32 Å². The van der Waals surface area contributed by atoms with E-state index in [0.29, 0.717) is 6.04 Å². The van der Waals surface area contributed by atoms with Gasteiger partial charge in [0.05, 0.1) is 7.11 Å². The predicted molar refractivity (Wildman–Crippen MR) is 92.4 cm³/mol. The summed E-state index contributed by atoms with van der Waals surface area (Å²) in [7, 11) is 1.72. The molecule has 0 radical (unpaired) electrons. The van der Waals surface area contributed by atoms with E-state index in [2.05, 4.69) is 36.5 Å². The van der Waals surface area contributed by atoms with Crippen LogP contribution in [0.25, 0.3) is 0 Å². The molecule has 0 spiro atoms. The zero-order valence-electron chi connectivity index (χ0n) is 13.4. The van der Waals surface area contributed by atoms with E-state index in [1.165, 1.54) is 49.2 Å². The Labute approximate surface area is 134 Å². The maximum absolute atomic E-state index is 5.22. The lowest BCUT2D eigenvalue weighted by atomic mass is 9.84. The Bertz CT molecular complexity index is 387. The second-order valence-electron chi connectivity index (χ2n) is 5.95. The van der Waals surface area contributed by atoms with Crippen LogP contribution in [0.3, 0.4) is 0 Å². The Hall–Kier alpha value is -0.670. The van der Waals surface area contributed by atoms with Crippen LogP contribution in [0, 0.1) is 5.92 Å². The van der Waals surface area contributed by atoms with E-state index in [-0.39, 0.29) is 0 Å². The van der Waals surface area contributed by atoms with Gasteiger partial charge >= 0.3 is 0 Å². The van der Waals surface area contributed by atoms with Crippen molar-refractivity contribution in [3.63, 3.8) is 0 Å². The third-order valence-electron chi connectivity index (χ3n) is 4.36. The molecule has 1 N–H and O–H groups in total. The van der Waals surface area contributed by atoms with E-state index < -0.39 is 0 Å². The van der Waals surface area contributed by atoms with Crippen molar-refractivity contribution < 1.29 is 4.74 Å². The maximum atomic E-state index is 5.22. The van der Waals surface area contributed by atoms with E-state index in [1.807, 2.05) is 11.8 Å². The Morgan fingerprint density at radius 2 is 1.90 bits per heavy atom. The Morgan fingerprint density at radius 3 is 2.52 bits per heavy atom. The van der Waals surface area contributed by atoms with Gasteiger partial charge < -0.3 is 10.1 Å². The van der Waals surface area contributed by atoms with Crippen LogP contribution in [0.1, 0.15) is 45.4 Å². The molecule has 21 heavy (non-hydrogen) atoms. The highest BCUT2D eigenvalue weighted by Crippen LogP contribution is 2.30. The first kappa shape index (κ1) is 16.7. The van der Waals surface area contributed by atoms with Crippen LogP contribution in [0.5, 0.6) is 5.75 Å². The maximum Gasteiger partial charge on any atom is 0.118 e. The van der Waals surface area contributed by atoms with Crippen LogP contribution < -0.4 is 10.1 Å². The standard InChI is InChI=1S/C18H29NOS/c1-3-13-19-18(15-7-5-4-6-8-15)14-21-17-11-9-16(20-2)10-12-17/h9-12,15,18-19H,3-8,13-14H2,1-2H3. The van der Waals surface area contributed by atoms with Gasteiger partial charge in [0.15, 0.2) is 0 Å². The van der Waals surface area contributed by atoms with Crippen molar-refractivity contribution in [2.75, 3.05) is 19.4 Å². The molecule has 118 valence electrons. The second kappa shape index (κ2) is 9.37. The smallest absolute Gasteiger partial charge is 0.118 e. The average Bonchev–Trinajstić information content (AvgIpc) is 2.56. The van der Waals surface area contributed by atoms with E-state index in [1.54, 1.807) is 7.11 Å². The van der Waals surface area contributed by atoms with Gasteiger partial charge in [0, 0.05) is 16.7 Å². The minimum atomic E-state index is 0.664. The van der Waals surface area contributed by atoms with Crippen molar-refractivity contribution in [1.29, 1.82) is 0 Å². The number of ether oxygens (including phenoxy) is 1. The molecule has 1 aromatic carbocycles. The molecule has 2 nitrogen and oxygen atoms in total. The van der Waals surface area contributed by atoms with Crippen LogP contribution in [-0.2, 0) is 0 Å². The molecule has 2 rings (SSSR count). The number of benzene rings is 1. The molecule has 0 aromatic heterocycles. The number of rotatable bonds is 8. The molecule has 1 saturated carbocycles. The predicted octanol–water partition coefficient (Wildman–Crippen LogP) is 4.74. The fraction of sp³-hybridized carbons (Fsp3) is 0.667. The summed E-state index contributed by atoms with van der Waals surface area (Å²) < 4.78 is 5.22.